The lowest BCUT2D eigenvalue weighted by atomic mass is 9.97. The van der Waals surface area contributed by atoms with E-state index in [4.69, 9.17) is 9.26 Å². The first-order chi connectivity index (χ1) is 10.8. The van der Waals surface area contributed by atoms with Crippen LogP contribution in [0.3, 0.4) is 0 Å². The third-order valence-corrected chi connectivity index (χ3v) is 3.80. The average molecular weight is 300 g/mol. The summed E-state index contributed by atoms with van der Waals surface area (Å²) in [6.45, 7) is 3.25. The third-order valence-electron chi connectivity index (χ3n) is 3.80. The second-order valence-corrected chi connectivity index (χ2v) is 5.63. The number of nitrogens with zero attached hydrogens (tertiary/aromatic N) is 1. The lowest BCUT2D eigenvalue weighted by Crippen LogP contribution is -2.34. The molecule has 116 valence electrons. The van der Waals surface area contributed by atoms with Crippen molar-refractivity contribution in [2.45, 2.75) is 26.2 Å². The highest BCUT2D eigenvalue weighted by Crippen LogP contribution is 2.26. The Hall–Kier alpha value is -2.30. The first-order valence-corrected chi connectivity index (χ1v) is 7.70. The zero-order valence-corrected chi connectivity index (χ0v) is 12.7. The summed E-state index contributed by atoms with van der Waals surface area (Å²) in [5, 5.41) is 6.73. The van der Waals surface area contributed by atoms with Gasteiger partial charge in [0, 0.05) is 24.9 Å². The number of nitrogens with one attached hydrogen (secondary N) is 1. The number of hydrogen-bond acceptors (Lipinski definition) is 4. The van der Waals surface area contributed by atoms with Crippen LogP contribution < -0.4 is 10.1 Å². The maximum atomic E-state index is 12.1. The summed E-state index contributed by atoms with van der Waals surface area (Å²) in [5.41, 5.74) is 1.54. The van der Waals surface area contributed by atoms with Crippen molar-refractivity contribution in [3.63, 3.8) is 0 Å². The van der Waals surface area contributed by atoms with E-state index >= 15 is 0 Å². The van der Waals surface area contributed by atoms with Crippen molar-refractivity contribution in [2.24, 2.45) is 5.92 Å². The van der Waals surface area contributed by atoms with Crippen molar-refractivity contribution in [1.82, 2.24) is 10.5 Å². The first-order valence-electron chi connectivity index (χ1n) is 7.70. The summed E-state index contributed by atoms with van der Waals surface area (Å²) in [5.74, 6) is 1.79. The number of carbonyl (C=O) groups is 1. The highest BCUT2D eigenvalue weighted by atomic mass is 16.5. The molecule has 1 aliphatic rings. The van der Waals surface area contributed by atoms with Crippen LogP contribution in [0, 0.1) is 5.92 Å². The predicted octanol–water partition coefficient (Wildman–Crippen LogP) is 2.61. The molecule has 2 heterocycles. The molecular formula is C17H20N2O3. The Bertz CT molecular complexity index is 651. The van der Waals surface area contributed by atoms with Gasteiger partial charge in [-0.05, 0) is 24.5 Å². The summed E-state index contributed by atoms with van der Waals surface area (Å²) in [4.78, 5) is 12.1. The number of benzene rings is 1. The van der Waals surface area contributed by atoms with Crippen LogP contribution in [0.25, 0.3) is 0 Å². The molecule has 3 rings (SSSR count). The van der Waals surface area contributed by atoms with Gasteiger partial charge in [-0.15, -0.1) is 0 Å². The second-order valence-electron chi connectivity index (χ2n) is 5.63. The zero-order valence-electron chi connectivity index (χ0n) is 12.7. The number of aromatic nitrogens is 1. The summed E-state index contributed by atoms with van der Waals surface area (Å²) >= 11 is 0. The molecule has 0 saturated carbocycles. The Labute approximate surface area is 129 Å². The number of para-hydroxylation sites is 1. The van der Waals surface area contributed by atoms with Crippen molar-refractivity contribution in [3.05, 3.63) is 47.3 Å². The zero-order chi connectivity index (χ0) is 15.4. The fourth-order valence-corrected chi connectivity index (χ4v) is 2.63. The molecule has 1 unspecified atom stereocenters. The predicted molar refractivity (Wildman–Crippen MR) is 82.0 cm³/mol. The molecule has 5 nitrogen and oxygen atoms in total. The van der Waals surface area contributed by atoms with Crippen LogP contribution in [0.4, 0.5) is 0 Å². The SMILES string of the molecule is CCCc1cc(C(=O)NCC2COc3ccccc3C2)no1. The molecule has 1 aromatic carbocycles. The first kappa shape index (κ1) is 14.6. The number of fused-ring (bicyclic) bond motifs is 1. The van der Waals surface area contributed by atoms with E-state index in [9.17, 15) is 4.79 Å². The molecular weight excluding hydrogens is 280 g/mol. The summed E-state index contributed by atoms with van der Waals surface area (Å²) in [6.07, 6.45) is 2.68. The fourth-order valence-electron chi connectivity index (χ4n) is 2.63. The number of rotatable bonds is 5. The second kappa shape index (κ2) is 6.64. The minimum atomic E-state index is -0.190. The van der Waals surface area contributed by atoms with Gasteiger partial charge >= 0.3 is 0 Å². The van der Waals surface area contributed by atoms with Crippen molar-refractivity contribution in [3.8, 4) is 5.75 Å². The lowest BCUT2D eigenvalue weighted by molar-refractivity contribution is 0.0930. The average Bonchev–Trinajstić information content (AvgIpc) is 3.01. The minimum Gasteiger partial charge on any atom is -0.493 e. The van der Waals surface area contributed by atoms with Crippen LogP contribution in [0.1, 0.15) is 35.2 Å². The van der Waals surface area contributed by atoms with E-state index in [-0.39, 0.29) is 11.8 Å². The normalized spacial score (nSPS) is 16.7. The molecule has 0 radical (unpaired) electrons. The van der Waals surface area contributed by atoms with E-state index in [1.54, 1.807) is 6.07 Å². The van der Waals surface area contributed by atoms with E-state index < -0.39 is 0 Å². The van der Waals surface area contributed by atoms with Crippen molar-refractivity contribution < 1.29 is 14.1 Å². The van der Waals surface area contributed by atoms with Crippen LogP contribution in [-0.4, -0.2) is 24.2 Å². The fraction of sp³-hybridized carbons (Fsp3) is 0.412. The molecule has 1 atom stereocenters. The molecule has 0 spiro atoms. The van der Waals surface area contributed by atoms with E-state index in [1.165, 1.54) is 5.56 Å². The van der Waals surface area contributed by atoms with Gasteiger partial charge in [0.2, 0.25) is 0 Å². The highest BCUT2D eigenvalue weighted by molar-refractivity contribution is 5.92. The molecule has 2 aromatic rings. The van der Waals surface area contributed by atoms with Crippen LogP contribution in [0.2, 0.25) is 0 Å². The van der Waals surface area contributed by atoms with E-state index in [1.807, 2.05) is 18.2 Å². The van der Waals surface area contributed by atoms with Crippen molar-refractivity contribution >= 4 is 5.91 Å². The molecule has 1 aliphatic heterocycles. The van der Waals surface area contributed by atoms with Crippen molar-refractivity contribution in [2.75, 3.05) is 13.2 Å². The van der Waals surface area contributed by atoms with Crippen LogP contribution in [-0.2, 0) is 12.8 Å². The van der Waals surface area contributed by atoms with Gasteiger partial charge in [0.15, 0.2) is 5.69 Å². The number of carbonyl (C=O) groups excluding carboxylic acids is 1. The van der Waals surface area contributed by atoms with E-state index in [0.717, 1.165) is 30.8 Å². The van der Waals surface area contributed by atoms with Gasteiger partial charge in [-0.25, -0.2) is 0 Å². The smallest absolute Gasteiger partial charge is 0.273 e. The van der Waals surface area contributed by atoms with Crippen LogP contribution >= 0.6 is 0 Å². The van der Waals surface area contributed by atoms with Crippen molar-refractivity contribution in [1.29, 1.82) is 0 Å². The summed E-state index contributed by atoms with van der Waals surface area (Å²) < 4.78 is 10.9. The quantitative estimate of drug-likeness (QED) is 0.922. The largest absolute Gasteiger partial charge is 0.493 e. The molecule has 22 heavy (non-hydrogen) atoms. The van der Waals surface area contributed by atoms with Gasteiger partial charge in [0.25, 0.3) is 5.91 Å². The molecule has 1 aromatic heterocycles. The van der Waals surface area contributed by atoms with E-state index in [2.05, 4.69) is 23.5 Å². The third kappa shape index (κ3) is 3.30. The van der Waals surface area contributed by atoms with Gasteiger partial charge in [-0.2, -0.15) is 0 Å². The van der Waals surface area contributed by atoms with Gasteiger partial charge in [-0.1, -0.05) is 30.3 Å². The van der Waals surface area contributed by atoms with Gasteiger partial charge < -0.3 is 14.6 Å². The summed E-state index contributed by atoms with van der Waals surface area (Å²) in [7, 11) is 0. The molecule has 0 fully saturated rings. The molecule has 0 aliphatic carbocycles. The summed E-state index contributed by atoms with van der Waals surface area (Å²) in [6, 6.07) is 9.74. The number of amides is 1. The lowest BCUT2D eigenvalue weighted by Gasteiger charge is -2.25. The number of hydrogen-bond donors (Lipinski definition) is 1. The molecule has 0 bridgehead atoms. The standard InChI is InChI=1S/C17H20N2O3/c1-2-5-14-9-15(19-22-14)17(20)18-10-12-8-13-6-3-4-7-16(13)21-11-12/h3-4,6-7,9,12H,2,5,8,10-11H2,1H3,(H,18,20). The molecule has 1 N–H and O–H groups in total. The Kier molecular flexibility index (Phi) is 4.42. The molecule has 1 amide bonds. The van der Waals surface area contributed by atoms with E-state index in [0.29, 0.717) is 18.8 Å². The number of ether oxygens (including phenoxy) is 1. The molecule has 5 heteroatoms. The monoisotopic (exact) mass is 300 g/mol. The molecule has 0 saturated heterocycles. The maximum absolute atomic E-state index is 12.1. The Morgan fingerprint density at radius 1 is 1.41 bits per heavy atom. The van der Waals surface area contributed by atoms with Gasteiger partial charge in [-0.3, -0.25) is 4.79 Å². The van der Waals surface area contributed by atoms with Gasteiger partial charge in [0.05, 0.1) is 6.61 Å². The Morgan fingerprint density at radius 3 is 3.14 bits per heavy atom. The Morgan fingerprint density at radius 2 is 2.27 bits per heavy atom. The topological polar surface area (TPSA) is 64.4 Å². The minimum absolute atomic E-state index is 0.190. The highest BCUT2D eigenvalue weighted by Gasteiger charge is 2.21. The van der Waals surface area contributed by atoms with Crippen LogP contribution in [0.15, 0.2) is 34.9 Å². The van der Waals surface area contributed by atoms with Crippen LogP contribution in [0.5, 0.6) is 5.75 Å². The number of aryl methyl sites for hydroxylation is 1. The maximum Gasteiger partial charge on any atom is 0.273 e. The van der Waals surface area contributed by atoms with Gasteiger partial charge in [0.1, 0.15) is 11.5 Å². The Balaban J connectivity index is 1.53.